The number of hydrogen-bond donors (Lipinski definition) is 0. The van der Waals surface area contributed by atoms with Crippen molar-refractivity contribution in [2.45, 2.75) is 13.5 Å². The second kappa shape index (κ2) is 6.24. The van der Waals surface area contributed by atoms with E-state index in [0.29, 0.717) is 16.3 Å². The van der Waals surface area contributed by atoms with Crippen molar-refractivity contribution in [1.29, 1.82) is 0 Å². The van der Waals surface area contributed by atoms with Crippen molar-refractivity contribution >= 4 is 33.2 Å². The van der Waals surface area contributed by atoms with Crippen LogP contribution in [0.2, 0.25) is 5.02 Å². The lowest BCUT2D eigenvalue weighted by atomic mass is 10.2. The zero-order valence-corrected chi connectivity index (χ0v) is 12.9. The van der Waals surface area contributed by atoms with Crippen molar-refractivity contribution in [3.05, 3.63) is 67.1 Å². The topological polar surface area (TPSA) is 52.4 Å². The quantitative estimate of drug-likeness (QED) is 0.578. The van der Waals surface area contributed by atoms with Crippen LogP contribution in [-0.2, 0) is 6.61 Å². The van der Waals surface area contributed by atoms with Gasteiger partial charge in [0, 0.05) is 15.6 Å². The fourth-order valence-corrected chi connectivity index (χ4v) is 2.16. The number of halogens is 2. The lowest BCUT2D eigenvalue weighted by Crippen LogP contribution is -2.00. The number of nitro benzene ring substituents is 1. The van der Waals surface area contributed by atoms with Crippen LogP contribution in [0.5, 0.6) is 5.75 Å². The van der Waals surface area contributed by atoms with Crippen molar-refractivity contribution in [3.8, 4) is 5.75 Å². The molecule has 0 saturated heterocycles. The van der Waals surface area contributed by atoms with Crippen LogP contribution in [0.15, 0.2) is 40.9 Å². The fourth-order valence-electron chi connectivity index (χ4n) is 1.72. The third-order valence-electron chi connectivity index (χ3n) is 2.76. The number of nitro groups is 1. The highest BCUT2D eigenvalue weighted by atomic mass is 79.9. The summed E-state index contributed by atoms with van der Waals surface area (Å²) in [6, 6.07) is 9.96. The van der Waals surface area contributed by atoms with E-state index in [1.807, 2.05) is 19.1 Å². The molecule has 2 aromatic rings. The summed E-state index contributed by atoms with van der Waals surface area (Å²) in [6.45, 7) is 2.04. The molecule has 0 unspecified atom stereocenters. The Morgan fingerprint density at radius 1 is 1.30 bits per heavy atom. The van der Waals surface area contributed by atoms with Gasteiger partial charge in [0.25, 0.3) is 5.69 Å². The van der Waals surface area contributed by atoms with Crippen LogP contribution >= 0.6 is 27.5 Å². The number of rotatable bonds is 4. The zero-order chi connectivity index (χ0) is 14.7. The van der Waals surface area contributed by atoms with E-state index in [4.69, 9.17) is 16.3 Å². The molecule has 0 aliphatic rings. The second-order valence-corrected chi connectivity index (χ2v) is 5.52. The van der Waals surface area contributed by atoms with E-state index in [1.54, 1.807) is 12.1 Å². The summed E-state index contributed by atoms with van der Waals surface area (Å²) in [5, 5.41) is 11.4. The number of aryl methyl sites for hydroxylation is 1. The van der Waals surface area contributed by atoms with Crippen LogP contribution < -0.4 is 4.74 Å². The van der Waals surface area contributed by atoms with Gasteiger partial charge in [0.15, 0.2) is 0 Å². The first-order valence-corrected chi connectivity index (χ1v) is 6.96. The summed E-state index contributed by atoms with van der Waals surface area (Å²) in [7, 11) is 0. The number of hydrogen-bond acceptors (Lipinski definition) is 3. The lowest BCUT2D eigenvalue weighted by Gasteiger charge is -2.08. The summed E-state index contributed by atoms with van der Waals surface area (Å²) in [4.78, 5) is 10.5. The Bertz CT molecular complexity index is 661. The summed E-state index contributed by atoms with van der Waals surface area (Å²) < 4.78 is 6.57. The van der Waals surface area contributed by atoms with Gasteiger partial charge in [-0.1, -0.05) is 27.5 Å². The van der Waals surface area contributed by atoms with Gasteiger partial charge in [0.2, 0.25) is 0 Å². The standard InChI is InChI=1S/C14H11BrClNO3/c1-9-6-12(3-4-13(9)15)20-8-10-7-11(16)2-5-14(10)17(18)19/h2-7H,8H2,1H3. The highest BCUT2D eigenvalue weighted by molar-refractivity contribution is 9.10. The van der Waals surface area contributed by atoms with Crippen LogP contribution in [0.25, 0.3) is 0 Å². The highest BCUT2D eigenvalue weighted by Crippen LogP contribution is 2.26. The Morgan fingerprint density at radius 3 is 2.70 bits per heavy atom. The maximum absolute atomic E-state index is 10.9. The summed E-state index contributed by atoms with van der Waals surface area (Å²) in [6.07, 6.45) is 0. The fraction of sp³-hybridized carbons (Fsp3) is 0.143. The third-order valence-corrected chi connectivity index (χ3v) is 3.89. The minimum absolute atomic E-state index is 0.00299. The molecular formula is C14H11BrClNO3. The molecule has 0 bridgehead atoms. The van der Waals surface area contributed by atoms with Gasteiger partial charge in [-0.2, -0.15) is 0 Å². The molecule has 0 atom stereocenters. The summed E-state index contributed by atoms with van der Waals surface area (Å²) >= 11 is 9.27. The Morgan fingerprint density at radius 2 is 2.05 bits per heavy atom. The van der Waals surface area contributed by atoms with Crippen molar-refractivity contribution < 1.29 is 9.66 Å². The van der Waals surface area contributed by atoms with E-state index in [2.05, 4.69) is 15.9 Å². The Balaban J connectivity index is 2.20. The van der Waals surface area contributed by atoms with Gasteiger partial charge in [-0.15, -0.1) is 0 Å². The molecule has 0 fully saturated rings. The molecule has 104 valence electrons. The molecule has 0 spiro atoms. The predicted molar refractivity (Wildman–Crippen MR) is 81.3 cm³/mol. The van der Waals surface area contributed by atoms with E-state index in [1.165, 1.54) is 12.1 Å². The maximum atomic E-state index is 10.9. The van der Waals surface area contributed by atoms with Gasteiger partial charge in [0.1, 0.15) is 12.4 Å². The largest absolute Gasteiger partial charge is 0.489 e. The van der Waals surface area contributed by atoms with Crippen molar-refractivity contribution in [2.24, 2.45) is 0 Å². The van der Waals surface area contributed by atoms with Gasteiger partial charge in [-0.05, 0) is 42.8 Å². The van der Waals surface area contributed by atoms with Gasteiger partial charge >= 0.3 is 0 Å². The van der Waals surface area contributed by atoms with E-state index >= 15 is 0 Å². The third kappa shape index (κ3) is 3.49. The SMILES string of the molecule is Cc1cc(OCc2cc(Cl)ccc2[N+](=O)[O-])ccc1Br. The van der Waals surface area contributed by atoms with E-state index < -0.39 is 4.92 Å². The molecule has 0 aliphatic heterocycles. The molecule has 20 heavy (non-hydrogen) atoms. The first-order valence-electron chi connectivity index (χ1n) is 5.79. The molecule has 0 heterocycles. The molecule has 0 aliphatic carbocycles. The van der Waals surface area contributed by atoms with Crippen LogP contribution in [0, 0.1) is 17.0 Å². The smallest absolute Gasteiger partial charge is 0.276 e. The summed E-state index contributed by atoms with van der Waals surface area (Å²) in [5.41, 5.74) is 1.48. The Labute approximate surface area is 129 Å². The van der Waals surface area contributed by atoms with E-state index in [-0.39, 0.29) is 12.3 Å². The molecule has 4 nitrogen and oxygen atoms in total. The van der Waals surface area contributed by atoms with Crippen molar-refractivity contribution in [3.63, 3.8) is 0 Å². The van der Waals surface area contributed by atoms with Gasteiger partial charge in [0.05, 0.1) is 10.5 Å². The van der Waals surface area contributed by atoms with E-state index in [0.717, 1.165) is 10.0 Å². The number of benzene rings is 2. The normalized spacial score (nSPS) is 10.3. The molecule has 2 aromatic carbocycles. The predicted octanol–water partition coefficient (Wildman–Crippen LogP) is 4.90. The first-order chi connectivity index (χ1) is 9.47. The number of nitrogens with zero attached hydrogens (tertiary/aromatic N) is 1. The summed E-state index contributed by atoms with van der Waals surface area (Å²) in [5.74, 6) is 0.653. The molecule has 0 amide bonds. The van der Waals surface area contributed by atoms with E-state index in [9.17, 15) is 10.1 Å². The molecule has 0 radical (unpaired) electrons. The molecule has 0 saturated carbocycles. The van der Waals surface area contributed by atoms with Crippen LogP contribution in [-0.4, -0.2) is 4.92 Å². The van der Waals surface area contributed by atoms with Crippen LogP contribution in [0.3, 0.4) is 0 Å². The average molecular weight is 357 g/mol. The molecule has 2 rings (SSSR count). The lowest BCUT2D eigenvalue weighted by molar-refractivity contribution is -0.385. The van der Waals surface area contributed by atoms with Crippen LogP contribution in [0.1, 0.15) is 11.1 Å². The maximum Gasteiger partial charge on any atom is 0.276 e. The molecule has 0 N–H and O–H groups in total. The number of ether oxygens (including phenoxy) is 1. The van der Waals surface area contributed by atoms with Crippen molar-refractivity contribution in [1.82, 2.24) is 0 Å². The Hall–Kier alpha value is -1.59. The minimum Gasteiger partial charge on any atom is -0.489 e. The first kappa shape index (κ1) is 14.8. The van der Waals surface area contributed by atoms with Gasteiger partial charge < -0.3 is 4.74 Å². The highest BCUT2D eigenvalue weighted by Gasteiger charge is 2.14. The minimum atomic E-state index is -0.443. The van der Waals surface area contributed by atoms with Gasteiger partial charge in [-0.25, -0.2) is 0 Å². The molecular weight excluding hydrogens is 346 g/mol. The second-order valence-electron chi connectivity index (χ2n) is 4.23. The molecule has 6 heteroatoms. The van der Waals surface area contributed by atoms with Gasteiger partial charge in [-0.3, -0.25) is 10.1 Å². The van der Waals surface area contributed by atoms with Crippen LogP contribution in [0.4, 0.5) is 5.69 Å². The zero-order valence-electron chi connectivity index (χ0n) is 10.6. The monoisotopic (exact) mass is 355 g/mol. The molecule has 0 aromatic heterocycles. The average Bonchev–Trinajstić information content (AvgIpc) is 2.40. The van der Waals surface area contributed by atoms with Crippen molar-refractivity contribution in [2.75, 3.05) is 0 Å². The Kier molecular flexibility index (Phi) is 4.62.